The summed E-state index contributed by atoms with van der Waals surface area (Å²) < 4.78 is 1.51. The number of oxime groups is 1. The molecule has 1 fully saturated rings. The number of benzene rings is 1. The molecule has 1 saturated carbocycles. The number of aryl methyl sites for hydroxylation is 1. The second-order valence-electron chi connectivity index (χ2n) is 7.37. The number of carbonyl (C=O) groups excluding carboxylic acids is 1. The first-order valence-electron chi connectivity index (χ1n) is 9.96. The monoisotopic (exact) mass is 437 g/mol. The number of nitrogens with zero attached hydrogens (tertiary/aromatic N) is 6. The zero-order valence-corrected chi connectivity index (χ0v) is 18.4. The Labute approximate surface area is 183 Å². The second-order valence-corrected chi connectivity index (χ2v) is 8.23. The zero-order valence-electron chi connectivity index (χ0n) is 17.6. The van der Waals surface area contributed by atoms with Crippen molar-refractivity contribution in [2.75, 3.05) is 5.32 Å². The van der Waals surface area contributed by atoms with Crippen molar-refractivity contribution in [3.8, 4) is 0 Å². The summed E-state index contributed by atoms with van der Waals surface area (Å²) in [5.74, 6) is 1.52. The number of rotatable bonds is 7. The van der Waals surface area contributed by atoms with Crippen LogP contribution in [0.2, 0.25) is 0 Å². The van der Waals surface area contributed by atoms with Gasteiger partial charge in [-0.05, 0) is 50.0 Å². The molecular formula is C21H23N7O2S. The van der Waals surface area contributed by atoms with Crippen LogP contribution in [0.5, 0.6) is 0 Å². The normalized spacial score (nSPS) is 14.9. The molecule has 0 unspecified atom stereocenters. The van der Waals surface area contributed by atoms with Gasteiger partial charge in [0.05, 0.1) is 5.69 Å². The maximum Gasteiger partial charge on any atom is 0.253 e. The molecule has 1 aliphatic carbocycles. The molecule has 1 amide bonds. The predicted molar refractivity (Wildman–Crippen MR) is 118 cm³/mol. The summed E-state index contributed by atoms with van der Waals surface area (Å²) >= 11 is 1.35. The molecule has 0 bridgehead atoms. The molecule has 9 nitrogen and oxygen atoms in total. The van der Waals surface area contributed by atoms with Gasteiger partial charge in [-0.25, -0.2) is 4.98 Å². The lowest BCUT2D eigenvalue weighted by molar-refractivity contribution is -0.112. The lowest BCUT2D eigenvalue weighted by Crippen LogP contribution is -2.17. The van der Waals surface area contributed by atoms with E-state index in [2.05, 4.69) is 31.0 Å². The van der Waals surface area contributed by atoms with Crippen molar-refractivity contribution in [2.45, 2.75) is 40.2 Å². The fourth-order valence-corrected chi connectivity index (χ4v) is 3.70. The lowest BCUT2D eigenvalue weighted by Gasteiger charge is -2.07. The molecule has 10 heteroatoms. The first kappa shape index (κ1) is 20.9. The number of aromatic nitrogens is 5. The number of allylic oxidation sites excluding steroid dienone is 1. The lowest BCUT2D eigenvalue weighted by atomic mass is 10.1. The van der Waals surface area contributed by atoms with E-state index in [1.807, 2.05) is 49.6 Å². The molecule has 0 atom stereocenters. The molecule has 0 radical (unpaired) electrons. The molecule has 160 valence electrons. The molecular weight excluding hydrogens is 414 g/mol. The topological polar surface area (TPSA) is 107 Å². The van der Waals surface area contributed by atoms with Gasteiger partial charge in [0.2, 0.25) is 5.84 Å². The van der Waals surface area contributed by atoms with E-state index in [-0.39, 0.29) is 12.5 Å². The fraction of sp³-hybridized carbons (Fsp3) is 0.333. The highest BCUT2D eigenvalue weighted by Gasteiger charge is 2.26. The summed E-state index contributed by atoms with van der Waals surface area (Å²) in [6, 6.07) is 9.53. The average molecular weight is 438 g/mol. The first-order valence-corrected chi connectivity index (χ1v) is 10.8. The van der Waals surface area contributed by atoms with Crippen molar-refractivity contribution in [3.63, 3.8) is 0 Å². The van der Waals surface area contributed by atoms with Gasteiger partial charge in [0.25, 0.3) is 5.91 Å². The fourth-order valence-electron chi connectivity index (χ4n) is 3.01. The molecule has 1 N–H and O–H groups in total. The van der Waals surface area contributed by atoms with E-state index < -0.39 is 0 Å². The number of hydrogen-bond acceptors (Lipinski definition) is 8. The largest absolute Gasteiger partial charge is 0.387 e. The Morgan fingerprint density at radius 1 is 1.29 bits per heavy atom. The van der Waals surface area contributed by atoms with Gasteiger partial charge in [-0.1, -0.05) is 41.1 Å². The number of tetrazole rings is 1. The Bertz CT molecular complexity index is 1130. The molecule has 0 spiro atoms. The van der Waals surface area contributed by atoms with E-state index >= 15 is 0 Å². The highest BCUT2D eigenvalue weighted by atomic mass is 32.1. The van der Waals surface area contributed by atoms with E-state index in [1.165, 1.54) is 34.4 Å². The highest BCUT2D eigenvalue weighted by Crippen LogP contribution is 2.37. The van der Waals surface area contributed by atoms with Crippen LogP contribution in [0.3, 0.4) is 0 Å². The van der Waals surface area contributed by atoms with Gasteiger partial charge in [-0.15, -0.1) is 16.4 Å². The Hall–Kier alpha value is -3.40. The van der Waals surface area contributed by atoms with Crippen LogP contribution in [-0.2, 0) is 16.2 Å². The second kappa shape index (κ2) is 9.17. The van der Waals surface area contributed by atoms with E-state index in [9.17, 15) is 4.79 Å². The van der Waals surface area contributed by atoms with Crippen LogP contribution in [0.4, 0.5) is 5.13 Å². The van der Waals surface area contributed by atoms with Crippen LogP contribution < -0.4 is 5.32 Å². The van der Waals surface area contributed by atoms with Crippen molar-refractivity contribution in [1.29, 1.82) is 0 Å². The van der Waals surface area contributed by atoms with Crippen molar-refractivity contribution in [3.05, 3.63) is 63.9 Å². The van der Waals surface area contributed by atoms with E-state index in [0.29, 0.717) is 28.4 Å². The number of nitrogens with one attached hydrogen (secondary N) is 1. The quantitative estimate of drug-likeness (QED) is 0.262. The van der Waals surface area contributed by atoms with Gasteiger partial charge >= 0.3 is 0 Å². The van der Waals surface area contributed by atoms with Gasteiger partial charge in [0.15, 0.2) is 17.6 Å². The van der Waals surface area contributed by atoms with E-state index in [4.69, 9.17) is 4.84 Å². The van der Waals surface area contributed by atoms with E-state index in [0.717, 1.165) is 11.1 Å². The summed E-state index contributed by atoms with van der Waals surface area (Å²) in [5, 5.41) is 21.1. The third kappa shape index (κ3) is 5.02. The Morgan fingerprint density at radius 3 is 2.74 bits per heavy atom. The van der Waals surface area contributed by atoms with Gasteiger partial charge in [-0.2, -0.15) is 4.68 Å². The molecule has 31 heavy (non-hydrogen) atoms. The highest BCUT2D eigenvalue weighted by molar-refractivity contribution is 7.13. The molecule has 0 aliphatic heterocycles. The predicted octanol–water partition coefficient (Wildman–Crippen LogP) is 3.55. The Balaban J connectivity index is 1.42. The van der Waals surface area contributed by atoms with Crippen LogP contribution in [0.25, 0.3) is 0 Å². The van der Waals surface area contributed by atoms with Gasteiger partial charge < -0.3 is 4.84 Å². The molecule has 2 aromatic heterocycles. The zero-order chi connectivity index (χ0) is 21.8. The van der Waals surface area contributed by atoms with Crippen LogP contribution in [-0.4, -0.2) is 36.9 Å². The number of amides is 1. The van der Waals surface area contributed by atoms with Crippen LogP contribution in [0, 0.1) is 12.8 Å². The minimum Gasteiger partial charge on any atom is -0.387 e. The van der Waals surface area contributed by atoms with Crippen molar-refractivity contribution in [2.24, 2.45) is 11.1 Å². The number of hydrogen-bond donors (Lipinski definition) is 1. The summed E-state index contributed by atoms with van der Waals surface area (Å²) in [6.07, 6.45) is 2.34. The number of thiazole rings is 1. The summed E-state index contributed by atoms with van der Waals surface area (Å²) in [4.78, 5) is 22.4. The molecule has 1 aliphatic rings. The SMILES string of the molecule is C/C(C(=O)Nc1nc(CO/N=C(\c2ccccc2)n2nnnc2C)cs1)=C(\C)C1CC1. The minimum atomic E-state index is -0.107. The minimum absolute atomic E-state index is 0.107. The molecule has 0 saturated heterocycles. The van der Waals surface area contributed by atoms with Crippen molar-refractivity contribution in [1.82, 2.24) is 25.2 Å². The maximum atomic E-state index is 12.4. The van der Waals surface area contributed by atoms with Crippen molar-refractivity contribution >= 4 is 28.2 Å². The molecule has 3 aromatic rings. The molecule has 1 aromatic carbocycles. The van der Waals surface area contributed by atoms with Crippen LogP contribution in [0.1, 0.15) is 43.8 Å². The average Bonchev–Trinajstić information content (AvgIpc) is 3.41. The molecule has 2 heterocycles. The van der Waals surface area contributed by atoms with Gasteiger partial charge in [-0.3, -0.25) is 10.1 Å². The third-order valence-electron chi connectivity index (χ3n) is 5.12. The number of anilines is 1. The summed E-state index contributed by atoms with van der Waals surface area (Å²) in [6.45, 7) is 5.83. The smallest absolute Gasteiger partial charge is 0.253 e. The van der Waals surface area contributed by atoms with Crippen LogP contribution in [0.15, 0.2) is 52.0 Å². The Kier molecular flexibility index (Phi) is 6.17. The first-order chi connectivity index (χ1) is 15.0. The Morgan fingerprint density at radius 2 is 2.06 bits per heavy atom. The van der Waals surface area contributed by atoms with Gasteiger partial charge in [0.1, 0.15) is 0 Å². The summed E-state index contributed by atoms with van der Waals surface area (Å²) in [7, 11) is 0. The summed E-state index contributed by atoms with van der Waals surface area (Å²) in [5.41, 5.74) is 3.42. The standard InChI is InChI=1S/C21H23N7O2S/c1-13(16-9-10-16)14(2)20(29)23-21-22-18(12-31-21)11-30-25-19(17-7-5-4-6-8-17)28-15(3)24-26-27-28/h4-8,12,16H,9-11H2,1-3H3,(H,22,23,29)/b14-13-,25-19+. The maximum absolute atomic E-state index is 12.4. The van der Waals surface area contributed by atoms with Gasteiger partial charge in [0, 0.05) is 16.5 Å². The van der Waals surface area contributed by atoms with E-state index in [1.54, 1.807) is 6.92 Å². The molecule has 4 rings (SSSR count). The third-order valence-corrected chi connectivity index (χ3v) is 5.92. The van der Waals surface area contributed by atoms with Crippen LogP contribution >= 0.6 is 11.3 Å². The number of carbonyl (C=O) groups is 1. The van der Waals surface area contributed by atoms with Crippen molar-refractivity contribution < 1.29 is 9.63 Å².